The zero-order chi connectivity index (χ0) is 24.7. The Labute approximate surface area is 215 Å². The van der Waals surface area contributed by atoms with Crippen LogP contribution < -0.4 is 15.9 Å². The van der Waals surface area contributed by atoms with Gasteiger partial charge in [0.2, 0.25) is 0 Å². The molecular weight excluding hydrogens is 554 g/mol. The predicted octanol–water partition coefficient (Wildman–Crippen LogP) is 7.70. The summed E-state index contributed by atoms with van der Waals surface area (Å²) in [5.41, 5.74) is -5.11. The molecule has 0 nitrogen and oxygen atoms in total. The van der Waals surface area contributed by atoms with E-state index < -0.39 is 31.3 Å². The summed E-state index contributed by atoms with van der Waals surface area (Å²) in [6.45, 7) is 15.5. The summed E-state index contributed by atoms with van der Waals surface area (Å²) in [4.78, 5) is 0. The Bertz CT molecular complexity index is 847. The molecule has 0 aromatic heterocycles. The minimum absolute atomic E-state index is 1.32. The first-order valence-electron chi connectivity index (χ1n) is 13.4. The predicted molar refractivity (Wildman–Crippen MR) is 166 cm³/mol. The molecule has 0 aliphatic carbocycles. The molecule has 0 spiro atoms. The van der Waals surface area contributed by atoms with Gasteiger partial charge in [-0.1, -0.05) is 0 Å². The molecule has 3 aromatic rings. The molecule has 191 valence electrons. The van der Waals surface area contributed by atoms with Crippen LogP contribution in [0.3, 0.4) is 0 Å². The molecule has 0 bridgehead atoms. The van der Waals surface area contributed by atoms with Crippen molar-refractivity contribution in [2.24, 2.45) is 0 Å². The van der Waals surface area contributed by atoms with Crippen LogP contribution in [0.1, 0.15) is 41.5 Å². The van der Waals surface area contributed by atoms with Crippen LogP contribution in [0, 0.1) is 0 Å². The van der Waals surface area contributed by atoms with Gasteiger partial charge in [0.15, 0.2) is 0 Å². The van der Waals surface area contributed by atoms with Crippen molar-refractivity contribution in [3.8, 4) is 0 Å². The van der Waals surface area contributed by atoms with Gasteiger partial charge in [-0.05, 0) is 0 Å². The number of hydrogen-bond acceptors (Lipinski definition) is 0. The van der Waals surface area contributed by atoms with Crippen LogP contribution in [0.15, 0.2) is 91.0 Å². The first-order valence-corrected chi connectivity index (χ1v) is 28.0. The van der Waals surface area contributed by atoms with Gasteiger partial charge < -0.3 is 0 Å². The van der Waals surface area contributed by atoms with Crippen LogP contribution in [0.4, 0.5) is 0 Å². The zero-order valence-electron chi connectivity index (χ0n) is 22.3. The first-order chi connectivity index (χ1) is 16.5. The number of hydrogen-bond donors (Lipinski definition) is 0. The summed E-state index contributed by atoms with van der Waals surface area (Å²) in [5, 5.41) is 5.34. The molecule has 0 aliphatic rings. The van der Waals surface area contributed by atoms with Crippen molar-refractivity contribution >= 4 is 32.7 Å². The molecule has 0 saturated carbocycles. The van der Waals surface area contributed by atoms with Gasteiger partial charge in [-0.15, -0.1) is 0 Å². The molecule has 0 atom stereocenters. The van der Waals surface area contributed by atoms with Crippen LogP contribution in [-0.2, 0) is 14.5 Å². The molecule has 0 aliphatic heterocycles. The molecule has 3 aromatic carbocycles. The van der Waals surface area contributed by atoms with Crippen molar-refractivity contribution in [3.05, 3.63) is 91.0 Å². The fourth-order valence-electron chi connectivity index (χ4n) is 6.20. The van der Waals surface area contributed by atoms with Gasteiger partial charge in [0.25, 0.3) is 0 Å². The van der Waals surface area contributed by atoms with E-state index in [0.717, 1.165) is 0 Å². The Hall–Kier alpha value is -0.427. The van der Waals surface area contributed by atoms with E-state index in [0.29, 0.717) is 0 Å². The van der Waals surface area contributed by atoms with E-state index in [4.69, 9.17) is 0 Å². The first kappa shape index (κ1) is 28.1. The minimum atomic E-state index is -1.70. The van der Waals surface area contributed by atoms with Gasteiger partial charge in [-0.25, -0.2) is 0 Å². The SMILES string of the molecule is CC[PH](CC)(c1ccccc1)[Ru]([PH](CC)(CC)c1ccccc1)[PH](CC)(CC)c1ccccc1. The maximum absolute atomic E-state index is 2.58. The molecule has 34 heavy (non-hydrogen) atoms. The average molecular weight is 603 g/mol. The third-order valence-corrected chi connectivity index (χ3v) is 87.5. The molecule has 0 N–H and O–H groups in total. The molecule has 0 unspecified atom stereocenters. The zero-order valence-corrected chi connectivity index (χ0v) is 27.0. The summed E-state index contributed by atoms with van der Waals surface area (Å²) >= 11 is -1.32. The molecule has 0 amide bonds. The van der Waals surface area contributed by atoms with Crippen LogP contribution in [0.5, 0.6) is 0 Å². The summed E-state index contributed by atoms with van der Waals surface area (Å²) in [6.07, 6.45) is 8.47. The van der Waals surface area contributed by atoms with Gasteiger partial charge >= 0.3 is 217 Å². The Balaban J connectivity index is 2.49. The fraction of sp³-hybridized carbons (Fsp3) is 0.400. The van der Waals surface area contributed by atoms with Crippen LogP contribution in [-0.4, -0.2) is 37.0 Å². The average Bonchev–Trinajstić information content (AvgIpc) is 2.93. The van der Waals surface area contributed by atoms with E-state index >= 15 is 0 Å². The van der Waals surface area contributed by atoms with Crippen molar-refractivity contribution in [3.63, 3.8) is 0 Å². The van der Waals surface area contributed by atoms with E-state index in [-0.39, 0.29) is 0 Å². The van der Waals surface area contributed by atoms with Crippen LogP contribution >= 0.6 is 16.8 Å². The van der Waals surface area contributed by atoms with Crippen molar-refractivity contribution in [1.82, 2.24) is 0 Å². The summed E-state index contributed by atoms with van der Waals surface area (Å²) in [5.74, 6) is 0. The molecule has 0 heterocycles. The van der Waals surface area contributed by atoms with Crippen molar-refractivity contribution < 1.29 is 14.5 Å². The molecular formula is C30H48P3Ru. The fourth-order valence-corrected chi connectivity index (χ4v) is 121. The Morgan fingerprint density at radius 1 is 0.382 bits per heavy atom. The molecule has 0 radical (unpaired) electrons. The van der Waals surface area contributed by atoms with E-state index in [2.05, 4.69) is 133 Å². The Morgan fingerprint density at radius 3 is 0.765 bits per heavy atom. The van der Waals surface area contributed by atoms with Crippen LogP contribution in [0.25, 0.3) is 0 Å². The van der Waals surface area contributed by atoms with Crippen molar-refractivity contribution in [1.29, 1.82) is 0 Å². The van der Waals surface area contributed by atoms with Gasteiger partial charge in [0, 0.05) is 0 Å². The quantitative estimate of drug-likeness (QED) is 0.147. The number of rotatable bonds is 12. The summed E-state index contributed by atoms with van der Waals surface area (Å²) in [7, 11) is 0. The molecule has 4 heteroatoms. The topological polar surface area (TPSA) is 0 Å². The van der Waals surface area contributed by atoms with E-state index in [1.165, 1.54) is 37.0 Å². The number of benzene rings is 3. The molecule has 0 fully saturated rings. The van der Waals surface area contributed by atoms with Gasteiger partial charge in [0.05, 0.1) is 0 Å². The van der Waals surface area contributed by atoms with E-state index in [9.17, 15) is 0 Å². The van der Waals surface area contributed by atoms with E-state index in [1.807, 2.05) is 0 Å². The Morgan fingerprint density at radius 2 is 0.588 bits per heavy atom. The van der Waals surface area contributed by atoms with Crippen LogP contribution in [0.2, 0.25) is 0 Å². The third-order valence-electron chi connectivity index (χ3n) is 8.18. The standard InChI is InChI=1S/3C10H15P.Ru/c3*1-3-11(4-2)10-8-6-5-7-9-10;/h3*5-9H,3-4H2,1-2H3;/q;;;-3/p+3. The summed E-state index contributed by atoms with van der Waals surface area (Å²) < 4.78 is 0. The van der Waals surface area contributed by atoms with Gasteiger partial charge in [-0.2, -0.15) is 0 Å². The monoisotopic (exact) mass is 603 g/mol. The normalized spacial score (nSPS) is 14.5. The summed E-state index contributed by atoms with van der Waals surface area (Å²) in [6, 6.07) is 36.0. The Kier molecular flexibility index (Phi) is 10.5. The van der Waals surface area contributed by atoms with Gasteiger partial charge in [-0.3, -0.25) is 0 Å². The second kappa shape index (κ2) is 12.7. The molecule has 0 saturated heterocycles. The second-order valence-electron chi connectivity index (χ2n) is 9.31. The maximum atomic E-state index is 2.58. The van der Waals surface area contributed by atoms with Gasteiger partial charge in [0.1, 0.15) is 0 Å². The molecule has 3 rings (SSSR count). The van der Waals surface area contributed by atoms with E-state index in [1.54, 1.807) is 15.9 Å². The third kappa shape index (κ3) is 4.90. The second-order valence-corrected chi connectivity index (χ2v) is 49.8. The van der Waals surface area contributed by atoms with Crippen molar-refractivity contribution in [2.75, 3.05) is 37.0 Å². The van der Waals surface area contributed by atoms with Crippen molar-refractivity contribution in [2.45, 2.75) is 41.5 Å².